The van der Waals surface area contributed by atoms with E-state index in [-0.39, 0.29) is 0 Å². The Labute approximate surface area is 129 Å². The van der Waals surface area contributed by atoms with Crippen molar-refractivity contribution < 1.29 is 4.74 Å². The summed E-state index contributed by atoms with van der Waals surface area (Å²) in [5.74, 6) is 0.978. The van der Waals surface area contributed by atoms with E-state index in [1.807, 2.05) is 16.9 Å². The molecule has 21 heavy (non-hydrogen) atoms. The Hall–Kier alpha value is -1.33. The molecule has 0 aliphatic carbocycles. The standard InChI is InChI=1S/C16H27N3OSi/c1-5-15-6-9-18(10-7-15)16-8-11-19(17-16)14-20-12-13-21(2,3)4/h6-9,11H,5,10,12-14H2,1-4H3. The van der Waals surface area contributed by atoms with Gasteiger partial charge in [0, 0.05) is 39.7 Å². The molecular weight excluding hydrogens is 278 g/mol. The van der Waals surface area contributed by atoms with Gasteiger partial charge in [-0.3, -0.25) is 0 Å². The molecule has 0 saturated heterocycles. The molecule has 2 heterocycles. The van der Waals surface area contributed by atoms with Crippen molar-refractivity contribution in [1.29, 1.82) is 0 Å². The number of nitrogens with zero attached hydrogens (tertiary/aromatic N) is 3. The zero-order chi connectivity index (χ0) is 15.3. The minimum atomic E-state index is -1.01. The summed E-state index contributed by atoms with van der Waals surface area (Å²) in [5, 5.41) is 4.57. The lowest BCUT2D eigenvalue weighted by Gasteiger charge is -2.19. The Morgan fingerprint density at radius 2 is 2.14 bits per heavy atom. The molecule has 0 bridgehead atoms. The third kappa shape index (κ3) is 5.17. The second kappa shape index (κ2) is 7.09. The van der Waals surface area contributed by atoms with Gasteiger partial charge < -0.3 is 9.64 Å². The number of hydrogen-bond acceptors (Lipinski definition) is 3. The van der Waals surface area contributed by atoms with Gasteiger partial charge >= 0.3 is 0 Å². The third-order valence-corrected chi connectivity index (χ3v) is 5.27. The summed E-state index contributed by atoms with van der Waals surface area (Å²) in [6.07, 6.45) is 9.59. The van der Waals surface area contributed by atoms with Crippen LogP contribution >= 0.6 is 0 Å². The van der Waals surface area contributed by atoms with Gasteiger partial charge in [-0.25, -0.2) is 4.68 Å². The van der Waals surface area contributed by atoms with Crippen LogP contribution in [0.25, 0.3) is 0 Å². The Balaban J connectivity index is 1.80. The van der Waals surface area contributed by atoms with Gasteiger partial charge in [0.05, 0.1) is 0 Å². The van der Waals surface area contributed by atoms with E-state index in [1.54, 1.807) is 0 Å². The molecule has 0 atom stereocenters. The highest BCUT2D eigenvalue weighted by molar-refractivity contribution is 6.76. The van der Waals surface area contributed by atoms with Crippen molar-refractivity contribution in [2.24, 2.45) is 0 Å². The van der Waals surface area contributed by atoms with Gasteiger partial charge in [0.1, 0.15) is 6.73 Å². The Bertz CT molecular complexity index is 514. The number of anilines is 1. The van der Waals surface area contributed by atoms with Gasteiger partial charge in [0.15, 0.2) is 5.82 Å². The Morgan fingerprint density at radius 1 is 1.33 bits per heavy atom. The summed E-state index contributed by atoms with van der Waals surface area (Å²) in [6, 6.07) is 3.23. The van der Waals surface area contributed by atoms with E-state index in [0.29, 0.717) is 6.73 Å². The molecular formula is C16H27N3OSi. The lowest BCUT2D eigenvalue weighted by atomic mass is 10.1. The fraction of sp³-hybridized carbons (Fsp3) is 0.562. The largest absolute Gasteiger partial charge is 0.360 e. The van der Waals surface area contributed by atoms with E-state index in [9.17, 15) is 0 Å². The summed E-state index contributed by atoms with van der Waals surface area (Å²) in [6.45, 7) is 11.5. The summed E-state index contributed by atoms with van der Waals surface area (Å²) in [7, 11) is -1.01. The fourth-order valence-corrected chi connectivity index (χ4v) is 2.83. The molecule has 1 aliphatic heterocycles. The summed E-state index contributed by atoms with van der Waals surface area (Å²) < 4.78 is 7.59. The van der Waals surface area contributed by atoms with Crippen LogP contribution in [0.1, 0.15) is 13.3 Å². The van der Waals surface area contributed by atoms with E-state index in [1.165, 1.54) is 11.6 Å². The Morgan fingerprint density at radius 3 is 2.76 bits per heavy atom. The van der Waals surface area contributed by atoms with Crippen LogP contribution in [0.2, 0.25) is 25.7 Å². The lowest BCUT2D eigenvalue weighted by Crippen LogP contribution is -2.22. The van der Waals surface area contributed by atoms with Gasteiger partial charge in [0.25, 0.3) is 0 Å². The fourth-order valence-electron chi connectivity index (χ4n) is 2.07. The molecule has 0 saturated carbocycles. The van der Waals surface area contributed by atoms with Crippen LogP contribution in [0.4, 0.5) is 5.82 Å². The monoisotopic (exact) mass is 305 g/mol. The van der Waals surface area contributed by atoms with Gasteiger partial charge in [-0.1, -0.05) is 32.6 Å². The van der Waals surface area contributed by atoms with Crippen molar-refractivity contribution in [1.82, 2.24) is 9.78 Å². The quantitative estimate of drug-likeness (QED) is 0.566. The number of allylic oxidation sites excluding steroid dienone is 2. The molecule has 0 unspecified atom stereocenters. The van der Waals surface area contributed by atoms with E-state index < -0.39 is 8.07 Å². The first-order chi connectivity index (χ1) is 9.98. The van der Waals surface area contributed by atoms with Gasteiger partial charge in [-0.05, 0) is 24.1 Å². The SMILES string of the molecule is CCC1=CCN(c2ccn(COCC[Si](C)(C)C)n2)C=C1. The highest BCUT2D eigenvalue weighted by atomic mass is 28.3. The average Bonchev–Trinajstić information content (AvgIpc) is 2.91. The topological polar surface area (TPSA) is 30.3 Å². The smallest absolute Gasteiger partial charge is 0.154 e. The number of hydrogen-bond donors (Lipinski definition) is 0. The van der Waals surface area contributed by atoms with Crippen molar-refractivity contribution in [3.8, 4) is 0 Å². The first kappa shape index (κ1) is 16.0. The molecule has 0 radical (unpaired) electrons. The van der Waals surface area contributed by atoms with Crippen molar-refractivity contribution in [3.63, 3.8) is 0 Å². The maximum Gasteiger partial charge on any atom is 0.154 e. The Kier molecular flexibility index (Phi) is 5.42. The van der Waals surface area contributed by atoms with Crippen molar-refractivity contribution in [2.45, 2.75) is 45.8 Å². The van der Waals surface area contributed by atoms with Crippen molar-refractivity contribution >= 4 is 13.9 Å². The van der Waals surface area contributed by atoms with Crippen molar-refractivity contribution in [3.05, 3.63) is 36.2 Å². The zero-order valence-corrected chi connectivity index (χ0v) is 14.7. The van der Waals surface area contributed by atoms with E-state index in [2.05, 4.69) is 54.9 Å². The van der Waals surface area contributed by atoms with Crippen LogP contribution in [-0.2, 0) is 11.5 Å². The van der Waals surface area contributed by atoms with E-state index >= 15 is 0 Å². The molecule has 0 N–H and O–H groups in total. The number of aromatic nitrogens is 2. The van der Waals surface area contributed by atoms with Gasteiger partial charge in [-0.15, -0.1) is 0 Å². The van der Waals surface area contributed by atoms with Crippen LogP contribution < -0.4 is 4.90 Å². The molecule has 5 heteroatoms. The normalized spacial score (nSPS) is 15.4. The predicted molar refractivity (Wildman–Crippen MR) is 91.2 cm³/mol. The van der Waals surface area contributed by atoms with Crippen LogP contribution in [0.5, 0.6) is 0 Å². The summed E-state index contributed by atoms with van der Waals surface area (Å²) in [5.41, 5.74) is 1.39. The maximum atomic E-state index is 5.72. The maximum absolute atomic E-state index is 5.72. The molecule has 4 nitrogen and oxygen atoms in total. The van der Waals surface area contributed by atoms with Crippen molar-refractivity contribution in [2.75, 3.05) is 18.1 Å². The molecule has 0 spiro atoms. The first-order valence-electron chi connectivity index (χ1n) is 7.73. The third-order valence-electron chi connectivity index (χ3n) is 3.57. The molecule has 0 fully saturated rings. The van der Waals surface area contributed by atoms with E-state index in [4.69, 9.17) is 4.74 Å². The van der Waals surface area contributed by atoms with Gasteiger partial charge in [0.2, 0.25) is 0 Å². The highest BCUT2D eigenvalue weighted by Crippen LogP contribution is 2.17. The second-order valence-corrected chi connectivity index (χ2v) is 12.3. The van der Waals surface area contributed by atoms with Gasteiger partial charge in [-0.2, -0.15) is 5.10 Å². The predicted octanol–water partition coefficient (Wildman–Crippen LogP) is 3.87. The van der Waals surface area contributed by atoms with Crippen LogP contribution in [0.15, 0.2) is 36.2 Å². The molecule has 116 valence electrons. The summed E-state index contributed by atoms with van der Waals surface area (Å²) in [4.78, 5) is 2.15. The molecule has 1 aliphatic rings. The molecule has 0 amide bonds. The zero-order valence-electron chi connectivity index (χ0n) is 13.7. The molecule has 1 aromatic heterocycles. The lowest BCUT2D eigenvalue weighted by molar-refractivity contribution is 0.0787. The first-order valence-corrected chi connectivity index (χ1v) is 11.4. The van der Waals surface area contributed by atoms with Crippen LogP contribution in [-0.4, -0.2) is 31.0 Å². The summed E-state index contributed by atoms with van der Waals surface area (Å²) >= 11 is 0. The van der Waals surface area contributed by atoms with Crippen LogP contribution in [0.3, 0.4) is 0 Å². The second-order valence-electron chi connectivity index (χ2n) is 6.66. The molecule has 2 rings (SSSR count). The molecule has 1 aromatic rings. The highest BCUT2D eigenvalue weighted by Gasteiger charge is 2.12. The molecule has 0 aromatic carbocycles. The van der Waals surface area contributed by atoms with Crippen LogP contribution in [0, 0.1) is 0 Å². The van der Waals surface area contributed by atoms with E-state index in [0.717, 1.165) is 25.4 Å². The number of rotatable bonds is 7. The minimum absolute atomic E-state index is 0.540. The average molecular weight is 305 g/mol. The number of ether oxygens (including phenoxy) is 1. The minimum Gasteiger partial charge on any atom is -0.360 e.